The largest absolute Gasteiger partial charge is 0.379 e. The third kappa shape index (κ3) is 5.99. The Morgan fingerprint density at radius 3 is 2.22 bits per heavy atom. The Balaban J connectivity index is 1.64. The van der Waals surface area contributed by atoms with Gasteiger partial charge in [0.1, 0.15) is 0 Å². The molecule has 7 heteroatoms. The molecule has 0 spiro atoms. The second-order valence-corrected chi connectivity index (χ2v) is 6.65. The van der Waals surface area contributed by atoms with Gasteiger partial charge in [-0.1, -0.05) is 13.8 Å². The molecule has 0 saturated carbocycles. The van der Waals surface area contributed by atoms with Crippen LogP contribution in [0.15, 0.2) is 0 Å². The van der Waals surface area contributed by atoms with Gasteiger partial charge < -0.3 is 19.9 Å². The molecule has 0 radical (unpaired) electrons. The zero-order valence-corrected chi connectivity index (χ0v) is 14.4. The van der Waals surface area contributed by atoms with E-state index < -0.39 is 0 Å². The molecule has 132 valence electrons. The lowest BCUT2D eigenvalue weighted by atomic mass is 10.2. The molecule has 0 unspecified atom stereocenters. The maximum absolute atomic E-state index is 12.3. The fourth-order valence-electron chi connectivity index (χ4n) is 2.80. The van der Waals surface area contributed by atoms with Crippen LogP contribution in [-0.2, 0) is 9.53 Å². The van der Waals surface area contributed by atoms with Crippen LogP contribution in [-0.4, -0.2) is 92.2 Å². The first-order valence-corrected chi connectivity index (χ1v) is 8.67. The molecule has 2 heterocycles. The number of rotatable bonds is 5. The summed E-state index contributed by atoms with van der Waals surface area (Å²) in [5.41, 5.74) is 0. The smallest absolute Gasteiger partial charge is 0.317 e. The van der Waals surface area contributed by atoms with Crippen LogP contribution in [0.5, 0.6) is 0 Å². The van der Waals surface area contributed by atoms with Crippen molar-refractivity contribution in [2.24, 2.45) is 5.92 Å². The summed E-state index contributed by atoms with van der Waals surface area (Å²) in [6.45, 7) is 11.5. The summed E-state index contributed by atoms with van der Waals surface area (Å²) in [6, 6.07) is -0.0147. The number of hydrogen-bond donors (Lipinski definition) is 1. The van der Waals surface area contributed by atoms with Gasteiger partial charge in [0.05, 0.1) is 13.2 Å². The number of nitrogens with one attached hydrogen (secondary N) is 1. The summed E-state index contributed by atoms with van der Waals surface area (Å²) in [7, 11) is 0. The van der Waals surface area contributed by atoms with Crippen molar-refractivity contribution in [1.29, 1.82) is 0 Å². The Bertz CT molecular complexity index is 389. The molecule has 1 N–H and O–H groups in total. The van der Waals surface area contributed by atoms with Crippen LogP contribution in [0, 0.1) is 5.92 Å². The predicted octanol–water partition coefficient (Wildman–Crippen LogP) is 0.219. The van der Waals surface area contributed by atoms with Gasteiger partial charge in [-0.05, 0) is 5.92 Å². The quantitative estimate of drug-likeness (QED) is 0.785. The SMILES string of the molecule is CC(C)CNC(=O)N1CCN(C(=O)CCN2CCOCC2)CC1. The van der Waals surface area contributed by atoms with Crippen molar-refractivity contribution in [3.63, 3.8) is 0 Å². The summed E-state index contributed by atoms with van der Waals surface area (Å²) >= 11 is 0. The maximum Gasteiger partial charge on any atom is 0.317 e. The molecule has 0 atom stereocenters. The van der Waals surface area contributed by atoms with Crippen LogP contribution in [0.1, 0.15) is 20.3 Å². The first-order valence-electron chi connectivity index (χ1n) is 8.67. The molecule has 7 nitrogen and oxygen atoms in total. The van der Waals surface area contributed by atoms with Gasteiger partial charge in [-0.3, -0.25) is 9.69 Å². The van der Waals surface area contributed by atoms with Gasteiger partial charge in [-0.15, -0.1) is 0 Å². The van der Waals surface area contributed by atoms with Gasteiger partial charge in [0, 0.05) is 58.8 Å². The molecule has 0 bridgehead atoms. The number of carbonyl (C=O) groups excluding carboxylic acids is 2. The van der Waals surface area contributed by atoms with Crippen molar-refractivity contribution in [2.45, 2.75) is 20.3 Å². The van der Waals surface area contributed by atoms with Crippen molar-refractivity contribution in [3.8, 4) is 0 Å². The van der Waals surface area contributed by atoms with Gasteiger partial charge in [-0.2, -0.15) is 0 Å². The zero-order chi connectivity index (χ0) is 16.7. The Morgan fingerprint density at radius 2 is 1.61 bits per heavy atom. The number of carbonyl (C=O) groups is 2. The number of urea groups is 1. The monoisotopic (exact) mass is 326 g/mol. The van der Waals surface area contributed by atoms with Gasteiger partial charge in [0.2, 0.25) is 5.91 Å². The highest BCUT2D eigenvalue weighted by molar-refractivity contribution is 5.77. The fraction of sp³-hybridized carbons (Fsp3) is 0.875. The van der Waals surface area contributed by atoms with E-state index in [-0.39, 0.29) is 11.9 Å². The molecule has 2 fully saturated rings. The summed E-state index contributed by atoms with van der Waals surface area (Å²) in [6.07, 6.45) is 0.555. The van der Waals surface area contributed by atoms with E-state index in [2.05, 4.69) is 24.1 Å². The lowest BCUT2D eigenvalue weighted by molar-refractivity contribution is -0.133. The molecule has 0 aromatic rings. The molecule has 2 aliphatic heterocycles. The number of hydrogen-bond acceptors (Lipinski definition) is 4. The predicted molar refractivity (Wildman–Crippen MR) is 88.3 cm³/mol. The van der Waals surface area contributed by atoms with E-state index in [4.69, 9.17) is 4.74 Å². The van der Waals surface area contributed by atoms with Gasteiger partial charge in [0.25, 0.3) is 0 Å². The van der Waals surface area contributed by atoms with Crippen LogP contribution in [0.25, 0.3) is 0 Å². The molecule has 0 aromatic heterocycles. The number of ether oxygens (including phenoxy) is 1. The average molecular weight is 326 g/mol. The first-order chi connectivity index (χ1) is 11.1. The third-order valence-corrected chi connectivity index (χ3v) is 4.33. The lowest BCUT2D eigenvalue weighted by Crippen LogP contribution is -2.53. The number of amides is 3. The van der Waals surface area contributed by atoms with E-state index >= 15 is 0 Å². The summed E-state index contributed by atoms with van der Waals surface area (Å²) in [5.74, 6) is 0.640. The lowest BCUT2D eigenvalue weighted by Gasteiger charge is -2.35. The Hall–Kier alpha value is -1.34. The molecule has 3 amide bonds. The molecule has 2 rings (SSSR count). The van der Waals surface area contributed by atoms with Gasteiger partial charge in [-0.25, -0.2) is 4.79 Å². The Morgan fingerprint density at radius 1 is 1.00 bits per heavy atom. The third-order valence-electron chi connectivity index (χ3n) is 4.33. The summed E-state index contributed by atoms with van der Waals surface area (Å²) < 4.78 is 5.31. The number of morpholine rings is 1. The Labute approximate surface area is 138 Å². The molecule has 0 aromatic carbocycles. The van der Waals surface area contributed by atoms with E-state index in [1.807, 2.05) is 4.90 Å². The van der Waals surface area contributed by atoms with E-state index in [0.717, 1.165) is 32.8 Å². The minimum atomic E-state index is -0.0147. The Kier molecular flexibility index (Phi) is 7.11. The van der Waals surface area contributed by atoms with Crippen molar-refractivity contribution < 1.29 is 14.3 Å². The van der Waals surface area contributed by atoms with Crippen molar-refractivity contribution in [1.82, 2.24) is 20.0 Å². The molecular formula is C16H30N4O3. The average Bonchev–Trinajstić information content (AvgIpc) is 2.58. The van der Waals surface area contributed by atoms with Crippen LogP contribution in [0.4, 0.5) is 4.79 Å². The molecule has 2 aliphatic rings. The van der Waals surface area contributed by atoms with Crippen LogP contribution < -0.4 is 5.32 Å². The van der Waals surface area contributed by atoms with Crippen LogP contribution >= 0.6 is 0 Å². The summed E-state index contributed by atoms with van der Waals surface area (Å²) in [4.78, 5) is 30.2. The normalized spacial score (nSPS) is 20.0. The van der Waals surface area contributed by atoms with Crippen molar-refractivity contribution in [2.75, 3.05) is 65.6 Å². The maximum atomic E-state index is 12.3. The zero-order valence-electron chi connectivity index (χ0n) is 14.4. The molecule has 23 heavy (non-hydrogen) atoms. The van der Waals surface area contributed by atoms with Crippen molar-refractivity contribution in [3.05, 3.63) is 0 Å². The molecule has 0 aliphatic carbocycles. The topological polar surface area (TPSA) is 65.1 Å². The molecule has 2 saturated heterocycles. The first kappa shape index (κ1) is 18.0. The van der Waals surface area contributed by atoms with E-state index in [1.54, 1.807) is 4.90 Å². The second kappa shape index (κ2) is 9.08. The van der Waals surface area contributed by atoms with Gasteiger partial charge in [0.15, 0.2) is 0 Å². The highest BCUT2D eigenvalue weighted by atomic mass is 16.5. The highest BCUT2D eigenvalue weighted by Gasteiger charge is 2.24. The standard InChI is InChI=1S/C16H30N4O3/c1-14(2)13-17-16(22)20-7-5-19(6-8-20)15(21)3-4-18-9-11-23-12-10-18/h14H,3-13H2,1-2H3,(H,17,22). The van der Waals surface area contributed by atoms with E-state index in [9.17, 15) is 9.59 Å². The minimum Gasteiger partial charge on any atom is -0.379 e. The van der Waals surface area contributed by atoms with E-state index in [1.165, 1.54) is 0 Å². The number of piperazine rings is 1. The van der Waals surface area contributed by atoms with Crippen LogP contribution in [0.3, 0.4) is 0 Å². The van der Waals surface area contributed by atoms with Crippen molar-refractivity contribution >= 4 is 11.9 Å². The second-order valence-electron chi connectivity index (χ2n) is 6.65. The number of nitrogens with zero attached hydrogens (tertiary/aromatic N) is 3. The van der Waals surface area contributed by atoms with Crippen LogP contribution in [0.2, 0.25) is 0 Å². The fourth-order valence-corrected chi connectivity index (χ4v) is 2.80. The molecular weight excluding hydrogens is 296 g/mol. The highest BCUT2D eigenvalue weighted by Crippen LogP contribution is 2.06. The minimum absolute atomic E-state index is 0.0147. The summed E-state index contributed by atoms with van der Waals surface area (Å²) in [5, 5.41) is 2.93. The van der Waals surface area contributed by atoms with Gasteiger partial charge >= 0.3 is 6.03 Å². The van der Waals surface area contributed by atoms with E-state index in [0.29, 0.717) is 45.1 Å².